The molecule has 4 fully saturated rings. The lowest BCUT2D eigenvalue weighted by Gasteiger charge is -2.61. The van der Waals surface area contributed by atoms with Gasteiger partial charge in [-0.1, -0.05) is 13.8 Å². The van der Waals surface area contributed by atoms with Gasteiger partial charge in [0.2, 0.25) is 0 Å². The third-order valence-corrected chi connectivity index (χ3v) is 10.3. The first-order valence-electron chi connectivity index (χ1n) is 12.6. The van der Waals surface area contributed by atoms with E-state index in [2.05, 4.69) is 13.8 Å². The van der Waals surface area contributed by atoms with E-state index < -0.39 is 36.5 Å². The molecular weight excluding hydrogens is 478 g/mol. The standard InChI is InChI=1S/C25H34F6O4/c1-13(34-20(32)24(26,27)28)17-6-7-18-16-5-4-14-12-15(35-21(33)25(29,30)31)8-10-22(14,2)19(16)9-11-23(17,18)3/h13-19H,4-12H2,1-3H3/t13-,14+,15-,16?,17+,18?,19?,22-,23+/m0/s1. The van der Waals surface area contributed by atoms with Gasteiger partial charge in [0.25, 0.3) is 0 Å². The third-order valence-electron chi connectivity index (χ3n) is 10.3. The molecule has 0 spiro atoms. The molecule has 0 bridgehead atoms. The van der Waals surface area contributed by atoms with Crippen LogP contribution in [0.15, 0.2) is 0 Å². The maximum Gasteiger partial charge on any atom is 0.490 e. The molecule has 4 aliphatic carbocycles. The van der Waals surface area contributed by atoms with Crippen LogP contribution in [0.1, 0.15) is 78.6 Å². The van der Waals surface area contributed by atoms with Gasteiger partial charge < -0.3 is 9.47 Å². The van der Waals surface area contributed by atoms with Crippen molar-refractivity contribution < 1.29 is 45.4 Å². The number of ether oxygens (including phenoxy) is 2. The Morgan fingerprint density at radius 3 is 2.03 bits per heavy atom. The van der Waals surface area contributed by atoms with Gasteiger partial charge in [0, 0.05) is 5.92 Å². The zero-order chi connectivity index (χ0) is 26.0. The Morgan fingerprint density at radius 2 is 1.40 bits per heavy atom. The molecule has 0 aliphatic heterocycles. The minimum Gasteiger partial charge on any atom is -0.456 e. The van der Waals surface area contributed by atoms with Gasteiger partial charge in [-0.15, -0.1) is 0 Å². The highest BCUT2D eigenvalue weighted by molar-refractivity contribution is 5.76. The summed E-state index contributed by atoms with van der Waals surface area (Å²) in [5, 5.41) is 0. The van der Waals surface area contributed by atoms with E-state index in [9.17, 15) is 35.9 Å². The molecule has 0 aromatic heterocycles. The van der Waals surface area contributed by atoms with Crippen molar-refractivity contribution in [3.8, 4) is 0 Å². The van der Waals surface area contributed by atoms with Crippen molar-refractivity contribution in [1.29, 1.82) is 0 Å². The Labute approximate surface area is 201 Å². The molecule has 0 N–H and O–H groups in total. The lowest BCUT2D eigenvalue weighted by atomic mass is 9.44. The lowest BCUT2D eigenvalue weighted by Crippen LogP contribution is -2.55. The molecule has 9 atom stereocenters. The number of esters is 2. The van der Waals surface area contributed by atoms with Gasteiger partial charge in [-0.05, 0) is 99.2 Å². The van der Waals surface area contributed by atoms with Gasteiger partial charge in [-0.25, -0.2) is 9.59 Å². The fraction of sp³-hybridized carbons (Fsp3) is 0.920. The van der Waals surface area contributed by atoms with Crippen molar-refractivity contribution in [1.82, 2.24) is 0 Å². The first-order valence-corrected chi connectivity index (χ1v) is 12.6. The molecule has 0 saturated heterocycles. The van der Waals surface area contributed by atoms with E-state index in [1.807, 2.05) is 0 Å². The molecule has 0 radical (unpaired) electrons. The monoisotopic (exact) mass is 512 g/mol. The minimum absolute atomic E-state index is 0.0577. The number of rotatable bonds is 3. The van der Waals surface area contributed by atoms with Gasteiger partial charge >= 0.3 is 24.3 Å². The van der Waals surface area contributed by atoms with E-state index in [0.717, 1.165) is 32.1 Å². The second kappa shape index (κ2) is 8.82. The van der Waals surface area contributed by atoms with Crippen molar-refractivity contribution in [2.45, 2.75) is 103 Å². The van der Waals surface area contributed by atoms with E-state index in [1.165, 1.54) is 0 Å². The maximum atomic E-state index is 12.7. The van der Waals surface area contributed by atoms with E-state index in [-0.39, 0.29) is 22.7 Å². The number of carbonyl (C=O) groups excluding carboxylic acids is 2. The molecule has 4 aliphatic rings. The number of hydrogen-bond acceptors (Lipinski definition) is 4. The highest BCUT2D eigenvalue weighted by Gasteiger charge is 2.61. The van der Waals surface area contributed by atoms with Crippen LogP contribution in [-0.4, -0.2) is 36.5 Å². The highest BCUT2D eigenvalue weighted by Crippen LogP contribution is 2.68. The lowest BCUT2D eigenvalue weighted by molar-refractivity contribution is -0.212. The Hall–Kier alpha value is -1.48. The van der Waals surface area contributed by atoms with Gasteiger partial charge in [0.15, 0.2) is 0 Å². The van der Waals surface area contributed by atoms with Gasteiger partial charge in [0.1, 0.15) is 12.2 Å². The van der Waals surface area contributed by atoms with Crippen LogP contribution in [0.5, 0.6) is 0 Å². The van der Waals surface area contributed by atoms with Crippen LogP contribution in [-0.2, 0) is 19.1 Å². The summed E-state index contributed by atoms with van der Waals surface area (Å²) in [6, 6.07) is 0. The van der Waals surface area contributed by atoms with Gasteiger partial charge in [0.05, 0.1) is 0 Å². The zero-order valence-corrected chi connectivity index (χ0v) is 20.3. The predicted molar refractivity (Wildman–Crippen MR) is 113 cm³/mol. The highest BCUT2D eigenvalue weighted by atomic mass is 19.4. The number of fused-ring (bicyclic) bond motifs is 5. The summed E-state index contributed by atoms with van der Waals surface area (Å²) in [6.07, 6.45) is -4.92. The van der Waals surface area contributed by atoms with Gasteiger partial charge in [-0.3, -0.25) is 0 Å². The van der Waals surface area contributed by atoms with Crippen LogP contribution in [0.3, 0.4) is 0 Å². The smallest absolute Gasteiger partial charge is 0.456 e. The Kier molecular flexibility index (Phi) is 6.70. The second-order valence-corrected chi connectivity index (χ2v) is 11.8. The van der Waals surface area contributed by atoms with E-state index in [1.54, 1.807) is 6.92 Å². The predicted octanol–water partition coefficient (Wildman–Crippen LogP) is 6.61. The summed E-state index contributed by atoms with van der Waals surface area (Å²) in [5.74, 6) is -3.13. The van der Waals surface area contributed by atoms with Crippen LogP contribution in [0.4, 0.5) is 26.3 Å². The molecule has 0 aromatic rings. The largest absolute Gasteiger partial charge is 0.490 e. The number of halogens is 6. The Morgan fingerprint density at radius 1 is 0.800 bits per heavy atom. The average Bonchev–Trinajstić information content (AvgIpc) is 3.10. The van der Waals surface area contributed by atoms with Crippen LogP contribution < -0.4 is 0 Å². The van der Waals surface area contributed by atoms with Crippen molar-refractivity contribution in [3.05, 3.63) is 0 Å². The number of alkyl halides is 6. The van der Waals surface area contributed by atoms with Crippen LogP contribution >= 0.6 is 0 Å². The molecule has 35 heavy (non-hydrogen) atoms. The number of carbonyl (C=O) groups is 2. The second-order valence-electron chi connectivity index (χ2n) is 11.8. The molecule has 0 heterocycles. The van der Waals surface area contributed by atoms with Crippen LogP contribution in [0.2, 0.25) is 0 Å². The Balaban J connectivity index is 1.44. The number of hydrogen-bond donors (Lipinski definition) is 0. The summed E-state index contributed by atoms with van der Waals surface area (Å²) in [4.78, 5) is 22.8. The van der Waals surface area contributed by atoms with Crippen LogP contribution in [0.25, 0.3) is 0 Å². The molecule has 4 rings (SSSR count). The Bertz CT molecular complexity index is 841. The van der Waals surface area contributed by atoms with Crippen LogP contribution in [0, 0.1) is 40.4 Å². The molecule has 0 aromatic carbocycles. The maximum absolute atomic E-state index is 12.7. The first kappa shape index (κ1) is 26.6. The summed E-state index contributed by atoms with van der Waals surface area (Å²) < 4.78 is 85.8. The van der Waals surface area contributed by atoms with Gasteiger partial charge in [-0.2, -0.15) is 26.3 Å². The van der Waals surface area contributed by atoms with Crippen molar-refractivity contribution in [3.63, 3.8) is 0 Å². The minimum atomic E-state index is -5.01. The van der Waals surface area contributed by atoms with Crippen molar-refractivity contribution >= 4 is 11.9 Å². The topological polar surface area (TPSA) is 52.6 Å². The molecule has 10 heteroatoms. The third kappa shape index (κ3) is 4.67. The quantitative estimate of drug-likeness (QED) is 0.315. The molecule has 4 saturated carbocycles. The van der Waals surface area contributed by atoms with E-state index >= 15 is 0 Å². The summed E-state index contributed by atoms with van der Waals surface area (Å²) >= 11 is 0. The van der Waals surface area contributed by atoms with Crippen molar-refractivity contribution in [2.75, 3.05) is 0 Å². The molecule has 3 unspecified atom stereocenters. The summed E-state index contributed by atoms with van der Waals surface area (Å²) in [6.45, 7) is 5.92. The zero-order valence-electron chi connectivity index (χ0n) is 20.3. The summed E-state index contributed by atoms with van der Waals surface area (Å²) in [7, 11) is 0. The molecule has 0 amide bonds. The molecular formula is C25H34F6O4. The fourth-order valence-corrected chi connectivity index (χ4v) is 8.67. The average molecular weight is 513 g/mol. The normalized spacial score (nSPS) is 42.3. The van der Waals surface area contributed by atoms with E-state index in [4.69, 9.17) is 9.47 Å². The molecule has 200 valence electrons. The van der Waals surface area contributed by atoms with Crippen molar-refractivity contribution in [2.24, 2.45) is 40.4 Å². The first-order chi connectivity index (χ1) is 16.1. The molecule has 4 nitrogen and oxygen atoms in total. The summed E-state index contributed by atoms with van der Waals surface area (Å²) in [5.41, 5.74) is -0.271. The fourth-order valence-electron chi connectivity index (χ4n) is 8.67. The SMILES string of the molecule is C[C@H](OC(=O)C(F)(F)F)[C@H]1CCC2C3CC[C@@H]4C[C@@H](OC(=O)C(F)(F)F)CC[C@]4(C)C3CC[C@@]21C. The van der Waals surface area contributed by atoms with E-state index in [0.29, 0.717) is 43.4 Å².